The number of aliphatic hydroxyl groups is 1. The molecule has 24 heavy (non-hydrogen) atoms. The lowest BCUT2D eigenvalue weighted by molar-refractivity contribution is -0.141. The van der Waals surface area contributed by atoms with Crippen LogP contribution < -0.4 is 16.0 Å². The molecule has 0 saturated carbocycles. The first-order valence-corrected chi connectivity index (χ1v) is 7.48. The highest BCUT2D eigenvalue weighted by molar-refractivity contribution is 5.47. The van der Waals surface area contributed by atoms with E-state index in [0.29, 0.717) is 16.9 Å². The summed E-state index contributed by atoms with van der Waals surface area (Å²) in [4.78, 5) is 12.4. The Balaban J connectivity index is 2.35. The third-order valence-corrected chi connectivity index (χ3v) is 4.64. The standard InChI is InChI=1S/C17H18N4O3/c1-16(2)17(3,23)15(21-14(22)7-6-13(19)20-21)11-8-10(9-18)4-5-12(11)24-16/h4-8,15,23H,1-3H3,(H2,19,20)/t15-,17+/m1/s1. The summed E-state index contributed by atoms with van der Waals surface area (Å²) in [7, 11) is 0. The number of hydrogen-bond acceptors (Lipinski definition) is 6. The molecule has 3 N–H and O–H groups in total. The average molecular weight is 326 g/mol. The van der Waals surface area contributed by atoms with Crippen molar-refractivity contribution in [2.45, 2.75) is 38.0 Å². The number of fused-ring (bicyclic) bond motifs is 1. The molecule has 2 heterocycles. The fraction of sp³-hybridized carbons (Fsp3) is 0.353. The Morgan fingerprint density at radius 3 is 2.71 bits per heavy atom. The molecule has 1 aromatic carbocycles. The highest BCUT2D eigenvalue weighted by Gasteiger charge is 2.54. The summed E-state index contributed by atoms with van der Waals surface area (Å²) < 4.78 is 7.07. The molecule has 0 radical (unpaired) electrons. The van der Waals surface area contributed by atoms with Gasteiger partial charge in [0.15, 0.2) is 0 Å². The molecule has 0 aliphatic carbocycles. The zero-order chi connectivity index (χ0) is 17.7. The van der Waals surface area contributed by atoms with Gasteiger partial charge in [-0.05, 0) is 45.0 Å². The number of ether oxygens (including phenoxy) is 1. The minimum Gasteiger partial charge on any atom is -0.484 e. The van der Waals surface area contributed by atoms with Crippen LogP contribution in [0.1, 0.15) is 37.9 Å². The van der Waals surface area contributed by atoms with Gasteiger partial charge in [0.05, 0.1) is 11.6 Å². The van der Waals surface area contributed by atoms with Crippen molar-refractivity contribution in [2.24, 2.45) is 0 Å². The molecule has 1 aromatic heterocycles. The normalized spacial score (nSPS) is 24.5. The number of nitriles is 1. The van der Waals surface area contributed by atoms with Gasteiger partial charge in [0.2, 0.25) is 0 Å². The number of aromatic nitrogens is 2. The minimum absolute atomic E-state index is 0.160. The Morgan fingerprint density at radius 2 is 2.04 bits per heavy atom. The van der Waals surface area contributed by atoms with Crippen molar-refractivity contribution in [1.29, 1.82) is 5.26 Å². The summed E-state index contributed by atoms with van der Waals surface area (Å²) >= 11 is 0. The summed E-state index contributed by atoms with van der Waals surface area (Å²) in [6, 6.07) is 8.80. The van der Waals surface area contributed by atoms with Gasteiger partial charge >= 0.3 is 0 Å². The molecular weight excluding hydrogens is 308 g/mol. The van der Waals surface area contributed by atoms with Crippen LogP contribution >= 0.6 is 0 Å². The van der Waals surface area contributed by atoms with Crippen LogP contribution in [0.4, 0.5) is 5.82 Å². The molecule has 7 nitrogen and oxygen atoms in total. The number of nitrogens with two attached hydrogens (primary N) is 1. The summed E-state index contributed by atoms with van der Waals surface area (Å²) in [5.41, 5.74) is 3.77. The molecule has 0 fully saturated rings. The second-order valence-corrected chi connectivity index (χ2v) is 6.57. The van der Waals surface area contributed by atoms with Crippen LogP contribution in [-0.4, -0.2) is 26.1 Å². The molecule has 0 amide bonds. The lowest BCUT2D eigenvalue weighted by Crippen LogP contribution is -2.61. The number of benzene rings is 1. The van der Waals surface area contributed by atoms with Crippen molar-refractivity contribution in [1.82, 2.24) is 9.78 Å². The van der Waals surface area contributed by atoms with Crippen molar-refractivity contribution in [3.05, 3.63) is 51.8 Å². The van der Waals surface area contributed by atoms with E-state index in [1.54, 1.807) is 39.0 Å². The van der Waals surface area contributed by atoms with Crippen LogP contribution in [0.2, 0.25) is 0 Å². The largest absolute Gasteiger partial charge is 0.484 e. The average Bonchev–Trinajstić information content (AvgIpc) is 2.51. The van der Waals surface area contributed by atoms with Gasteiger partial charge in [-0.3, -0.25) is 4.79 Å². The Labute approximate surface area is 138 Å². The minimum atomic E-state index is -1.47. The molecule has 124 valence electrons. The van der Waals surface area contributed by atoms with E-state index in [1.807, 2.05) is 0 Å². The number of rotatable bonds is 1. The van der Waals surface area contributed by atoms with Gasteiger partial charge in [-0.15, -0.1) is 0 Å². The molecular formula is C17H18N4O3. The Kier molecular flexibility index (Phi) is 3.39. The smallest absolute Gasteiger partial charge is 0.267 e. The van der Waals surface area contributed by atoms with E-state index in [-0.39, 0.29) is 5.82 Å². The highest BCUT2D eigenvalue weighted by Crippen LogP contribution is 2.47. The van der Waals surface area contributed by atoms with E-state index in [0.717, 1.165) is 4.68 Å². The fourth-order valence-corrected chi connectivity index (χ4v) is 2.93. The molecule has 1 aliphatic heterocycles. The summed E-state index contributed by atoms with van der Waals surface area (Å²) in [6.45, 7) is 5.05. The molecule has 0 bridgehead atoms. The molecule has 0 saturated heterocycles. The Morgan fingerprint density at radius 1 is 1.33 bits per heavy atom. The van der Waals surface area contributed by atoms with Crippen molar-refractivity contribution in [2.75, 3.05) is 5.73 Å². The van der Waals surface area contributed by atoms with Gasteiger partial charge in [-0.2, -0.15) is 10.4 Å². The van der Waals surface area contributed by atoms with Crippen LogP contribution in [0.5, 0.6) is 5.75 Å². The monoisotopic (exact) mass is 326 g/mol. The topological polar surface area (TPSA) is 114 Å². The molecule has 0 unspecified atom stereocenters. The molecule has 0 spiro atoms. The van der Waals surface area contributed by atoms with E-state index in [9.17, 15) is 15.2 Å². The SMILES string of the molecule is CC1(C)Oc2ccc(C#N)cc2[C@@H](n2nc(N)ccc2=O)[C@]1(C)O. The highest BCUT2D eigenvalue weighted by atomic mass is 16.5. The van der Waals surface area contributed by atoms with Crippen LogP contribution in [0.3, 0.4) is 0 Å². The molecule has 2 aromatic rings. The second-order valence-electron chi connectivity index (χ2n) is 6.57. The second kappa shape index (κ2) is 5.08. The van der Waals surface area contributed by atoms with Gasteiger partial charge in [-0.1, -0.05) is 0 Å². The first kappa shape index (κ1) is 16.0. The van der Waals surface area contributed by atoms with Crippen molar-refractivity contribution in [3.63, 3.8) is 0 Å². The lowest BCUT2D eigenvalue weighted by Gasteiger charge is -2.49. The maximum Gasteiger partial charge on any atom is 0.267 e. The Bertz CT molecular complexity index is 909. The van der Waals surface area contributed by atoms with E-state index in [4.69, 9.17) is 10.5 Å². The van der Waals surface area contributed by atoms with Gasteiger partial charge in [-0.25, -0.2) is 4.68 Å². The lowest BCUT2D eigenvalue weighted by atomic mass is 9.75. The first-order valence-electron chi connectivity index (χ1n) is 7.48. The zero-order valence-electron chi connectivity index (χ0n) is 13.6. The van der Waals surface area contributed by atoms with E-state index >= 15 is 0 Å². The third-order valence-electron chi connectivity index (χ3n) is 4.64. The Hall–Kier alpha value is -2.85. The van der Waals surface area contributed by atoms with E-state index < -0.39 is 22.8 Å². The van der Waals surface area contributed by atoms with Crippen molar-refractivity contribution in [3.8, 4) is 11.8 Å². The van der Waals surface area contributed by atoms with Crippen LogP contribution in [0.25, 0.3) is 0 Å². The maximum absolute atomic E-state index is 12.4. The van der Waals surface area contributed by atoms with Gasteiger partial charge < -0.3 is 15.6 Å². The van der Waals surface area contributed by atoms with E-state index in [1.165, 1.54) is 12.1 Å². The van der Waals surface area contributed by atoms with Crippen LogP contribution in [0.15, 0.2) is 35.1 Å². The molecule has 2 atom stereocenters. The number of nitrogens with zero attached hydrogens (tertiary/aromatic N) is 3. The summed E-state index contributed by atoms with van der Waals surface area (Å²) in [5, 5.41) is 24.5. The predicted molar refractivity (Wildman–Crippen MR) is 87.5 cm³/mol. The van der Waals surface area contributed by atoms with Crippen LogP contribution in [-0.2, 0) is 0 Å². The first-order chi connectivity index (χ1) is 11.2. The van der Waals surface area contributed by atoms with Crippen molar-refractivity contribution < 1.29 is 9.84 Å². The predicted octanol–water partition coefficient (Wildman–Crippen LogP) is 1.21. The quantitative estimate of drug-likeness (QED) is 0.814. The van der Waals surface area contributed by atoms with Gasteiger partial charge in [0.25, 0.3) is 5.56 Å². The fourth-order valence-electron chi connectivity index (χ4n) is 2.93. The van der Waals surface area contributed by atoms with E-state index in [2.05, 4.69) is 11.2 Å². The maximum atomic E-state index is 12.4. The van der Waals surface area contributed by atoms with Gasteiger partial charge in [0, 0.05) is 11.6 Å². The number of hydrogen-bond donors (Lipinski definition) is 2. The summed E-state index contributed by atoms with van der Waals surface area (Å²) in [5.74, 6) is 0.652. The molecule has 1 aliphatic rings. The zero-order valence-corrected chi connectivity index (χ0v) is 13.6. The third kappa shape index (κ3) is 2.23. The van der Waals surface area contributed by atoms with Crippen molar-refractivity contribution >= 4 is 5.82 Å². The van der Waals surface area contributed by atoms with Gasteiger partial charge in [0.1, 0.15) is 28.8 Å². The molecule has 7 heteroatoms. The molecule has 3 rings (SSSR count). The number of nitrogen functional groups attached to an aromatic ring is 1. The van der Waals surface area contributed by atoms with Crippen LogP contribution in [0, 0.1) is 11.3 Å². The number of anilines is 1. The summed E-state index contributed by atoms with van der Waals surface area (Å²) in [6.07, 6.45) is 0.